The van der Waals surface area contributed by atoms with Crippen molar-refractivity contribution in [3.05, 3.63) is 120 Å². The number of fused-ring (bicyclic) bond motifs is 2. The number of ether oxygens (including phenoxy) is 1. The lowest BCUT2D eigenvalue weighted by atomic mass is 10.0. The van der Waals surface area contributed by atoms with Gasteiger partial charge in [-0.1, -0.05) is 91.0 Å². The Bertz CT molecular complexity index is 2200. The first kappa shape index (κ1) is 39.5. The zero-order valence-electron chi connectivity index (χ0n) is 30.6. The van der Waals surface area contributed by atoms with Crippen molar-refractivity contribution in [1.29, 1.82) is 0 Å². The lowest BCUT2D eigenvalue weighted by Gasteiger charge is -2.27. The molecule has 0 radical (unpaired) electrons. The van der Waals surface area contributed by atoms with E-state index in [1.54, 1.807) is 63.4 Å². The smallest absolute Gasteiger partial charge is 0.408 e. The van der Waals surface area contributed by atoms with Crippen LogP contribution in [0.2, 0.25) is 0 Å². The van der Waals surface area contributed by atoms with E-state index in [0.29, 0.717) is 16.7 Å². The molecule has 0 aliphatic heterocycles. The van der Waals surface area contributed by atoms with E-state index in [9.17, 15) is 33.9 Å². The van der Waals surface area contributed by atoms with Gasteiger partial charge in [-0.05, 0) is 54.3 Å². The first-order valence-electron chi connectivity index (χ1n) is 17.7. The van der Waals surface area contributed by atoms with Crippen molar-refractivity contribution in [3.8, 4) is 0 Å². The van der Waals surface area contributed by atoms with Gasteiger partial charge in [0.25, 0.3) is 0 Å². The molecule has 4 atom stereocenters. The van der Waals surface area contributed by atoms with Gasteiger partial charge < -0.3 is 41.8 Å². The second-order valence-corrected chi connectivity index (χ2v) is 14.1. The average Bonchev–Trinajstić information content (AvgIpc) is 3.54. The monoisotopic (exact) mass is 748 g/mol. The Balaban J connectivity index is 1.37. The molecule has 0 unspecified atom stereocenters. The number of para-hydroxylation sites is 1. The molecule has 8 N–H and O–H groups in total. The Hall–Kier alpha value is -6.70. The number of aromatic amines is 1. The van der Waals surface area contributed by atoms with E-state index in [1.165, 1.54) is 0 Å². The van der Waals surface area contributed by atoms with E-state index >= 15 is 0 Å². The predicted octanol–water partition coefficient (Wildman–Crippen LogP) is 3.79. The fourth-order valence-corrected chi connectivity index (χ4v) is 6.10. The summed E-state index contributed by atoms with van der Waals surface area (Å²) in [5.41, 5.74) is 7.30. The molecule has 0 saturated carbocycles. The van der Waals surface area contributed by atoms with Crippen LogP contribution in [0.3, 0.4) is 0 Å². The van der Waals surface area contributed by atoms with E-state index in [0.717, 1.165) is 21.7 Å². The molecule has 286 valence electrons. The summed E-state index contributed by atoms with van der Waals surface area (Å²) in [7, 11) is 0. The highest BCUT2D eigenvalue weighted by Gasteiger charge is 2.34. The maximum atomic E-state index is 14.1. The highest BCUT2D eigenvalue weighted by atomic mass is 16.6. The molecule has 14 nitrogen and oxygen atoms in total. The highest BCUT2D eigenvalue weighted by molar-refractivity contribution is 5.97. The number of aromatic nitrogens is 1. The van der Waals surface area contributed by atoms with Crippen LogP contribution in [0.5, 0.6) is 0 Å². The van der Waals surface area contributed by atoms with E-state index in [2.05, 4.69) is 26.3 Å². The first-order valence-corrected chi connectivity index (χ1v) is 17.7. The number of carbonyl (C=O) groups is 6. The Labute approximate surface area is 317 Å². The van der Waals surface area contributed by atoms with Gasteiger partial charge in [0, 0.05) is 29.9 Å². The summed E-state index contributed by atoms with van der Waals surface area (Å²) >= 11 is 0. The number of carboxylic acid groups (broad SMARTS) is 1. The van der Waals surface area contributed by atoms with Gasteiger partial charge in [-0.15, -0.1) is 0 Å². The molecular formula is C41H44N6O8. The maximum absolute atomic E-state index is 14.1. The molecule has 5 rings (SSSR count). The summed E-state index contributed by atoms with van der Waals surface area (Å²) in [4.78, 5) is 82.2. The van der Waals surface area contributed by atoms with Crippen LogP contribution < -0.4 is 27.0 Å². The highest BCUT2D eigenvalue weighted by Crippen LogP contribution is 2.21. The maximum Gasteiger partial charge on any atom is 0.408 e. The molecule has 1 aromatic heterocycles. The van der Waals surface area contributed by atoms with Crippen LogP contribution in [0.1, 0.15) is 49.9 Å². The lowest BCUT2D eigenvalue weighted by Crippen LogP contribution is -2.56. The zero-order chi connectivity index (χ0) is 39.7. The summed E-state index contributed by atoms with van der Waals surface area (Å²) in [6.45, 7) is 5.03. The Morgan fingerprint density at radius 2 is 1.35 bits per heavy atom. The minimum absolute atomic E-state index is 0.00477. The van der Waals surface area contributed by atoms with Gasteiger partial charge in [0.05, 0.1) is 6.42 Å². The number of aliphatic carboxylic acids is 1. The Morgan fingerprint density at radius 1 is 0.709 bits per heavy atom. The third kappa shape index (κ3) is 10.9. The number of nitrogens with two attached hydrogens (primary N) is 1. The minimum Gasteiger partial charge on any atom is -0.481 e. The van der Waals surface area contributed by atoms with Crippen LogP contribution in [0.15, 0.2) is 103 Å². The molecule has 0 bridgehead atoms. The summed E-state index contributed by atoms with van der Waals surface area (Å²) in [5.74, 6) is -4.93. The van der Waals surface area contributed by atoms with Gasteiger partial charge in [-0.2, -0.15) is 0 Å². The van der Waals surface area contributed by atoms with Crippen LogP contribution in [-0.2, 0) is 41.6 Å². The fraction of sp³-hybridized carbons (Fsp3) is 0.268. The van der Waals surface area contributed by atoms with E-state index in [4.69, 9.17) is 10.5 Å². The molecule has 4 aromatic carbocycles. The predicted molar refractivity (Wildman–Crippen MR) is 205 cm³/mol. The van der Waals surface area contributed by atoms with Crippen LogP contribution in [0.4, 0.5) is 4.79 Å². The molecule has 0 aliphatic rings. The number of carbonyl (C=O) groups excluding carboxylic acids is 5. The van der Waals surface area contributed by atoms with Gasteiger partial charge in [0.2, 0.25) is 23.6 Å². The second-order valence-electron chi connectivity index (χ2n) is 14.1. The number of hydrogen-bond acceptors (Lipinski definition) is 7. The lowest BCUT2D eigenvalue weighted by molar-refractivity contribution is -0.141. The standard InChI is InChI=1S/C41H44N6O8/c1-41(2,3)55-40(54)46-32(21-28-23-43-30-16-10-9-15-29(28)30)38(52)47-35(26-12-5-4-6-13-26)39(53)45-33(22-34(48)49)37(51)44-31(36(42)50)20-24-17-18-25-11-7-8-14-27(25)19-24/h4-19,23,31-33,35,43H,20-22H2,1-3H3,(H2,42,50)(H,44,51)(H,45,53)(H,46,54)(H,47,52)(H,48,49)/t31-,32-,33-,35-/m0/s1. The number of rotatable bonds is 15. The van der Waals surface area contributed by atoms with E-state index in [1.807, 2.05) is 60.7 Å². The van der Waals surface area contributed by atoms with Crippen molar-refractivity contribution in [1.82, 2.24) is 26.3 Å². The molecule has 0 aliphatic carbocycles. The van der Waals surface area contributed by atoms with Crippen molar-refractivity contribution in [2.45, 2.75) is 69.8 Å². The molecule has 1 heterocycles. The van der Waals surface area contributed by atoms with Crippen molar-refractivity contribution in [2.75, 3.05) is 0 Å². The van der Waals surface area contributed by atoms with Gasteiger partial charge in [-0.3, -0.25) is 24.0 Å². The van der Waals surface area contributed by atoms with Crippen LogP contribution in [0, 0.1) is 0 Å². The zero-order valence-corrected chi connectivity index (χ0v) is 30.6. The quantitative estimate of drug-likeness (QED) is 0.0833. The number of primary amides is 1. The Kier molecular flexibility index (Phi) is 12.5. The van der Waals surface area contributed by atoms with Crippen LogP contribution >= 0.6 is 0 Å². The largest absolute Gasteiger partial charge is 0.481 e. The third-order valence-corrected chi connectivity index (χ3v) is 8.71. The SMILES string of the molecule is CC(C)(C)OC(=O)N[C@@H](Cc1c[nH]c2ccccc12)C(=O)N[C@H](C(=O)N[C@@H](CC(=O)O)C(=O)N[C@@H](Cc1ccc2ccccc2c1)C(N)=O)c1ccccc1. The van der Waals surface area contributed by atoms with Crippen molar-refractivity contribution >= 4 is 57.4 Å². The fourth-order valence-electron chi connectivity index (χ4n) is 6.10. The molecule has 5 aromatic rings. The molecule has 0 saturated heterocycles. The topological polar surface area (TPSA) is 222 Å². The van der Waals surface area contributed by atoms with Gasteiger partial charge in [-0.25, -0.2) is 4.79 Å². The van der Waals surface area contributed by atoms with Gasteiger partial charge >= 0.3 is 12.1 Å². The van der Waals surface area contributed by atoms with Crippen molar-refractivity contribution in [3.63, 3.8) is 0 Å². The number of hydrogen-bond donors (Lipinski definition) is 7. The van der Waals surface area contributed by atoms with Crippen LogP contribution in [0.25, 0.3) is 21.7 Å². The molecule has 55 heavy (non-hydrogen) atoms. The summed E-state index contributed by atoms with van der Waals surface area (Å²) < 4.78 is 5.43. The van der Waals surface area contributed by atoms with Gasteiger partial charge in [0.15, 0.2) is 0 Å². The van der Waals surface area contributed by atoms with E-state index < -0.39 is 71.9 Å². The van der Waals surface area contributed by atoms with E-state index in [-0.39, 0.29) is 12.8 Å². The Morgan fingerprint density at radius 3 is 2.04 bits per heavy atom. The summed E-state index contributed by atoms with van der Waals surface area (Å²) in [5, 5.41) is 22.7. The number of amides is 5. The van der Waals surface area contributed by atoms with Crippen LogP contribution in [-0.4, -0.2) is 69.5 Å². The molecule has 0 spiro atoms. The number of nitrogens with one attached hydrogen (secondary N) is 5. The molecule has 14 heteroatoms. The average molecular weight is 749 g/mol. The number of H-pyrrole nitrogens is 1. The van der Waals surface area contributed by atoms with Gasteiger partial charge in [0.1, 0.15) is 29.8 Å². The molecule has 5 amide bonds. The third-order valence-electron chi connectivity index (χ3n) is 8.71. The normalized spacial score (nSPS) is 13.5. The summed E-state index contributed by atoms with van der Waals surface area (Å²) in [6.07, 6.45) is 0.0212. The first-order chi connectivity index (χ1) is 26.2. The second kappa shape index (κ2) is 17.4. The van der Waals surface area contributed by atoms with Crippen molar-refractivity contribution < 1.29 is 38.6 Å². The van der Waals surface area contributed by atoms with Crippen molar-refractivity contribution in [2.24, 2.45) is 5.73 Å². The number of benzene rings is 4. The number of carboxylic acids is 1. The molecule has 0 fully saturated rings. The minimum atomic E-state index is -1.67. The summed E-state index contributed by atoms with van der Waals surface area (Å²) in [6, 6.07) is 23.0. The number of alkyl carbamates (subject to hydrolysis) is 1. The molecular weight excluding hydrogens is 704 g/mol.